The standard InChI is InChI=1S/C11H15N3O2.C3H8/c1-2-7-16-11(15)14-10(13)8-3-5-9(12)6-4-8;1-3-2/h3-6H,2,7,12H2,1H3,(H2,13,14,15);3H2,1-2H3. The molecule has 1 amide bonds. The third kappa shape index (κ3) is 7.81. The van der Waals surface area contributed by atoms with Gasteiger partial charge in [0.15, 0.2) is 0 Å². The van der Waals surface area contributed by atoms with E-state index in [9.17, 15) is 4.79 Å². The van der Waals surface area contributed by atoms with E-state index in [1.54, 1.807) is 24.3 Å². The molecule has 106 valence electrons. The highest BCUT2D eigenvalue weighted by Crippen LogP contribution is 2.05. The fourth-order valence-corrected chi connectivity index (χ4v) is 1.05. The van der Waals surface area contributed by atoms with E-state index in [-0.39, 0.29) is 5.84 Å². The van der Waals surface area contributed by atoms with Gasteiger partial charge in [-0.3, -0.25) is 10.7 Å². The first kappa shape index (κ1) is 17.0. The van der Waals surface area contributed by atoms with E-state index in [1.807, 2.05) is 6.92 Å². The van der Waals surface area contributed by atoms with Crippen molar-refractivity contribution >= 4 is 17.6 Å². The number of ether oxygens (including phenoxy) is 1. The molecule has 0 radical (unpaired) electrons. The SMILES string of the molecule is CCC.CCCOC(=O)NC(=N)c1ccc(N)cc1. The fraction of sp³-hybridized carbons (Fsp3) is 0.429. The van der Waals surface area contributed by atoms with Crippen LogP contribution in [0.25, 0.3) is 0 Å². The lowest BCUT2D eigenvalue weighted by Crippen LogP contribution is -2.31. The molecule has 0 aromatic heterocycles. The Morgan fingerprint density at radius 1 is 1.26 bits per heavy atom. The summed E-state index contributed by atoms with van der Waals surface area (Å²) in [6, 6.07) is 6.67. The number of nitrogens with one attached hydrogen (secondary N) is 2. The summed E-state index contributed by atoms with van der Waals surface area (Å²) in [5, 5.41) is 9.95. The van der Waals surface area contributed by atoms with Crippen LogP contribution in [0.2, 0.25) is 0 Å². The molecule has 1 aromatic rings. The molecule has 0 atom stereocenters. The second-order valence-electron chi connectivity index (χ2n) is 3.97. The second kappa shape index (κ2) is 9.94. The topological polar surface area (TPSA) is 88.2 Å². The summed E-state index contributed by atoms with van der Waals surface area (Å²) in [5.41, 5.74) is 6.71. The molecule has 0 fully saturated rings. The summed E-state index contributed by atoms with van der Waals surface area (Å²) in [5.74, 6) is 0.00102. The molecule has 0 heterocycles. The average Bonchev–Trinajstić information content (AvgIpc) is 2.38. The van der Waals surface area contributed by atoms with Crippen molar-refractivity contribution in [3.8, 4) is 0 Å². The van der Waals surface area contributed by atoms with E-state index < -0.39 is 6.09 Å². The maximum absolute atomic E-state index is 11.2. The lowest BCUT2D eigenvalue weighted by Gasteiger charge is -2.07. The second-order valence-corrected chi connectivity index (χ2v) is 3.97. The number of hydrogen-bond donors (Lipinski definition) is 3. The van der Waals surface area contributed by atoms with E-state index in [0.29, 0.717) is 17.9 Å². The normalized spacial score (nSPS) is 9.00. The minimum atomic E-state index is -0.608. The molecule has 0 aliphatic heterocycles. The summed E-state index contributed by atoms with van der Waals surface area (Å²) < 4.78 is 4.79. The van der Waals surface area contributed by atoms with Gasteiger partial charge in [0.05, 0.1) is 6.61 Å². The van der Waals surface area contributed by atoms with Crippen molar-refractivity contribution in [2.75, 3.05) is 12.3 Å². The summed E-state index contributed by atoms with van der Waals surface area (Å²) in [7, 11) is 0. The van der Waals surface area contributed by atoms with Gasteiger partial charge in [0.25, 0.3) is 0 Å². The van der Waals surface area contributed by atoms with Gasteiger partial charge in [-0.1, -0.05) is 27.2 Å². The van der Waals surface area contributed by atoms with Crippen molar-refractivity contribution < 1.29 is 9.53 Å². The highest BCUT2D eigenvalue weighted by molar-refractivity contribution is 6.04. The van der Waals surface area contributed by atoms with Gasteiger partial charge in [0.2, 0.25) is 0 Å². The third-order valence-electron chi connectivity index (χ3n) is 1.86. The zero-order valence-electron chi connectivity index (χ0n) is 11.8. The van der Waals surface area contributed by atoms with Gasteiger partial charge < -0.3 is 10.5 Å². The lowest BCUT2D eigenvalue weighted by molar-refractivity contribution is 0.152. The number of rotatable bonds is 3. The predicted octanol–water partition coefficient (Wildman–Crippen LogP) is 3.15. The van der Waals surface area contributed by atoms with E-state index in [4.69, 9.17) is 15.9 Å². The Balaban J connectivity index is 0.000000982. The molecular formula is C14H23N3O2. The molecule has 5 heteroatoms. The van der Waals surface area contributed by atoms with E-state index in [2.05, 4.69) is 19.2 Å². The molecule has 4 N–H and O–H groups in total. The van der Waals surface area contributed by atoms with E-state index in [1.165, 1.54) is 6.42 Å². The minimum absolute atomic E-state index is 0.00102. The van der Waals surface area contributed by atoms with Crippen LogP contribution in [0, 0.1) is 5.41 Å². The zero-order valence-corrected chi connectivity index (χ0v) is 11.8. The van der Waals surface area contributed by atoms with Crippen LogP contribution in [-0.2, 0) is 4.74 Å². The van der Waals surface area contributed by atoms with Crippen LogP contribution in [0.15, 0.2) is 24.3 Å². The summed E-state index contributed by atoms with van der Waals surface area (Å²) in [6.45, 7) is 6.50. The molecule has 1 rings (SSSR count). The first-order valence-electron chi connectivity index (χ1n) is 6.43. The van der Waals surface area contributed by atoms with Crippen LogP contribution in [0.5, 0.6) is 0 Å². The van der Waals surface area contributed by atoms with Gasteiger partial charge in [0.1, 0.15) is 5.84 Å². The molecule has 0 saturated heterocycles. The van der Waals surface area contributed by atoms with Crippen molar-refractivity contribution in [2.24, 2.45) is 0 Å². The van der Waals surface area contributed by atoms with Crippen molar-refractivity contribution in [1.82, 2.24) is 5.32 Å². The first-order valence-corrected chi connectivity index (χ1v) is 6.43. The van der Waals surface area contributed by atoms with Crippen LogP contribution >= 0.6 is 0 Å². The number of carbonyl (C=O) groups excluding carboxylic acids is 1. The molecule has 0 aliphatic carbocycles. The van der Waals surface area contributed by atoms with Crippen molar-refractivity contribution in [3.05, 3.63) is 29.8 Å². The maximum Gasteiger partial charge on any atom is 0.412 e. The van der Waals surface area contributed by atoms with Gasteiger partial charge in [-0.05, 0) is 30.7 Å². The smallest absolute Gasteiger partial charge is 0.412 e. The van der Waals surface area contributed by atoms with Crippen molar-refractivity contribution in [1.29, 1.82) is 5.41 Å². The molecule has 1 aromatic carbocycles. The number of hydrogen-bond acceptors (Lipinski definition) is 4. The number of amidine groups is 1. The molecule has 0 aliphatic rings. The Morgan fingerprint density at radius 3 is 2.26 bits per heavy atom. The molecule has 0 unspecified atom stereocenters. The third-order valence-corrected chi connectivity index (χ3v) is 1.86. The monoisotopic (exact) mass is 265 g/mol. The molecule has 0 bridgehead atoms. The average molecular weight is 265 g/mol. The zero-order chi connectivity index (χ0) is 14.7. The molecule has 19 heavy (non-hydrogen) atoms. The van der Waals surface area contributed by atoms with Gasteiger partial charge in [-0.2, -0.15) is 0 Å². The number of nitrogens with two attached hydrogens (primary N) is 1. The number of benzene rings is 1. The fourth-order valence-electron chi connectivity index (χ4n) is 1.05. The van der Waals surface area contributed by atoms with E-state index in [0.717, 1.165) is 6.42 Å². The molecule has 0 saturated carbocycles. The van der Waals surface area contributed by atoms with Crippen LogP contribution in [0.3, 0.4) is 0 Å². The summed E-state index contributed by atoms with van der Waals surface area (Å²) in [6.07, 6.45) is 1.39. The number of anilines is 1. The van der Waals surface area contributed by atoms with Crippen LogP contribution in [0.4, 0.5) is 10.5 Å². The number of carbonyl (C=O) groups is 1. The first-order chi connectivity index (χ1) is 9.04. The largest absolute Gasteiger partial charge is 0.449 e. The van der Waals surface area contributed by atoms with Gasteiger partial charge in [-0.25, -0.2) is 4.79 Å². The number of alkyl carbamates (subject to hydrolysis) is 1. The maximum atomic E-state index is 11.2. The molecule has 0 spiro atoms. The Bertz CT molecular complexity index is 388. The Kier molecular flexibility index (Phi) is 8.87. The highest BCUT2D eigenvalue weighted by Gasteiger charge is 2.06. The quantitative estimate of drug-likeness (QED) is 0.445. The van der Waals surface area contributed by atoms with Crippen molar-refractivity contribution in [2.45, 2.75) is 33.6 Å². The number of amides is 1. The van der Waals surface area contributed by atoms with Gasteiger partial charge in [0, 0.05) is 11.3 Å². The lowest BCUT2D eigenvalue weighted by atomic mass is 10.2. The molecule has 5 nitrogen and oxygen atoms in total. The van der Waals surface area contributed by atoms with E-state index >= 15 is 0 Å². The van der Waals surface area contributed by atoms with Crippen LogP contribution in [-0.4, -0.2) is 18.5 Å². The summed E-state index contributed by atoms with van der Waals surface area (Å²) in [4.78, 5) is 11.2. The Hall–Kier alpha value is -2.04. The van der Waals surface area contributed by atoms with Crippen LogP contribution in [0.1, 0.15) is 39.2 Å². The molecular weight excluding hydrogens is 242 g/mol. The Morgan fingerprint density at radius 2 is 1.79 bits per heavy atom. The minimum Gasteiger partial charge on any atom is -0.449 e. The van der Waals surface area contributed by atoms with Gasteiger partial charge in [-0.15, -0.1) is 0 Å². The number of nitrogen functional groups attached to an aromatic ring is 1. The predicted molar refractivity (Wildman–Crippen MR) is 78.4 cm³/mol. The highest BCUT2D eigenvalue weighted by atomic mass is 16.5. The van der Waals surface area contributed by atoms with Gasteiger partial charge >= 0.3 is 6.09 Å². The Labute approximate surface area is 114 Å². The summed E-state index contributed by atoms with van der Waals surface area (Å²) >= 11 is 0. The van der Waals surface area contributed by atoms with Crippen LogP contribution < -0.4 is 11.1 Å². The van der Waals surface area contributed by atoms with Crippen molar-refractivity contribution in [3.63, 3.8) is 0 Å².